The Morgan fingerprint density at radius 1 is 0.286 bits per heavy atom. The molecule has 9 aromatic rings. The number of rotatable bonds is 4. The Morgan fingerprint density at radius 2 is 0.796 bits per heavy atom. The van der Waals surface area contributed by atoms with E-state index in [1.165, 1.54) is 105 Å². The molecule has 0 amide bonds. The van der Waals surface area contributed by atoms with Crippen LogP contribution in [-0.2, 0) is 0 Å². The third-order valence-corrected chi connectivity index (χ3v) is 10.4. The van der Waals surface area contributed by atoms with Crippen LogP contribution in [0, 0.1) is 6.92 Å². The average Bonchev–Trinajstić information content (AvgIpc) is 3.49. The molecule has 49 heavy (non-hydrogen) atoms. The first kappa shape index (κ1) is 27.8. The maximum atomic E-state index is 2.38. The van der Waals surface area contributed by atoms with Crippen molar-refractivity contribution in [2.45, 2.75) is 6.92 Å². The molecule has 228 valence electrons. The first-order valence-electron chi connectivity index (χ1n) is 17.1. The largest absolute Gasteiger partial charge is 0.0622 e. The molecule has 0 N–H and O–H groups in total. The fourth-order valence-corrected chi connectivity index (χ4v) is 8.25. The molecule has 0 aromatic heterocycles. The van der Waals surface area contributed by atoms with Crippen LogP contribution in [0.2, 0.25) is 0 Å². The molecule has 0 unspecified atom stereocenters. The topological polar surface area (TPSA) is 0 Å². The van der Waals surface area contributed by atoms with Crippen LogP contribution in [0.3, 0.4) is 0 Å². The summed E-state index contributed by atoms with van der Waals surface area (Å²) in [5.41, 5.74) is 16.7. The summed E-state index contributed by atoms with van der Waals surface area (Å²) in [5.74, 6) is 0. The molecule has 0 saturated heterocycles. The van der Waals surface area contributed by atoms with Crippen molar-refractivity contribution in [2.24, 2.45) is 0 Å². The summed E-state index contributed by atoms with van der Waals surface area (Å²) in [4.78, 5) is 0. The van der Waals surface area contributed by atoms with E-state index in [0.717, 1.165) is 0 Å². The molecule has 0 heteroatoms. The highest BCUT2D eigenvalue weighted by Crippen LogP contribution is 2.58. The minimum absolute atomic E-state index is 1.23. The van der Waals surface area contributed by atoms with Crippen molar-refractivity contribution in [2.75, 3.05) is 0 Å². The summed E-state index contributed by atoms with van der Waals surface area (Å²) in [7, 11) is 0. The average molecular weight is 621 g/mol. The van der Waals surface area contributed by atoms with Gasteiger partial charge in [0, 0.05) is 0 Å². The lowest BCUT2D eigenvalue weighted by Crippen LogP contribution is -1.93. The van der Waals surface area contributed by atoms with E-state index >= 15 is 0 Å². The Kier molecular flexibility index (Phi) is 6.19. The summed E-state index contributed by atoms with van der Waals surface area (Å²) in [6.45, 7) is 2.15. The van der Waals surface area contributed by atoms with E-state index in [-0.39, 0.29) is 0 Å². The van der Waals surface area contributed by atoms with Gasteiger partial charge in [-0.05, 0) is 112 Å². The Morgan fingerprint density at radius 3 is 1.47 bits per heavy atom. The highest BCUT2D eigenvalue weighted by Gasteiger charge is 2.31. The van der Waals surface area contributed by atoms with Gasteiger partial charge >= 0.3 is 0 Å². The number of aryl methyl sites for hydroxylation is 1. The SMILES string of the molecule is Cc1ccc2cc(-c3ccc(-c4ccc5c6c(cccc46)-c4c-5c(-c5ccccc5)c5ccccc5c4-c4ccccc4)cc3)ccc2c1. The predicted molar refractivity (Wildman–Crippen MR) is 210 cm³/mol. The summed E-state index contributed by atoms with van der Waals surface area (Å²) in [6.07, 6.45) is 0. The Labute approximate surface area is 286 Å². The van der Waals surface area contributed by atoms with E-state index < -0.39 is 0 Å². The maximum Gasteiger partial charge on any atom is -0.000741 e. The third kappa shape index (κ3) is 4.31. The molecule has 9 aromatic carbocycles. The van der Waals surface area contributed by atoms with Crippen molar-refractivity contribution in [1.82, 2.24) is 0 Å². The van der Waals surface area contributed by atoms with Gasteiger partial charge in [-0.15, -0.1) is 0 Å². The molecule has 0 fully saturated rings. The molecule has 1 aliphatic carbocycles. The van der Waals surface area contributed by atoms with E-state index in [9.17, 15) is 0 Å². The van der Waals surface area contributed by atoms with Gasteiger partial charge in [0.1, 0.15) is 0 Å². The van der Waals surface area contributed by atoms with Gasteiger partial charge in [0.2, 0.25) is 0 Å². The fourth-order valence-electron chi connectivity index (χ4n) is 8.25. The smallest absolute Gasteiger partial charge is 0.000741 e. The standard InChI is InChI=1S/C49H32/c1-31-19-20-38-30-37(26-25-36(38)29-31)32-21-23-33(24-22-32)39-27-28-44-47-40(39)17-10-18-43(47)48-45(34-11-4-2-5-12-34)41-15-8-9-16-42(41)46(49(44)48)35-13-6-3-7-14-35/h2-30H,1H3. The van der Waals surface area contributed by atoms with Crippen LogP contribution in [0.4, 0.5) is 0 Å². The monoisotopic (exact) mass is 620 g/mol. The van der Waals surface area contributed by atoms with Gasteiger partial charge in [0.05, 0.1) is 0 Å². The molecule has 0 saturated carbocycles. The minimum Gasteiger partial charge on any atom is -0.0622 e. The highest BCUT2D eigenvalue weighted by atomic mass is 14.3. The second-order valence-electron chi connectivity index (χ2n) is 13.3. The van der Waals surface area contributed by atoms with Crippen LogP contribution in [0.1, 0.15) is 5.56 Å². The summed E-state index contributed by atoms with van der Waals surface area (Å²) < 4.78 is 0. The second-order valence-corrected chi connectivity index (χ2v) is 13.3. The maximum absolute atomic E-state index is 2.38. The van der Waals surface area contributed by atoms with Crippen molar-refractivity contribution >= 4 is 32.3 Å². The number of fused-ring (bicyclic) bond motifs is 5. The Balaban J connectivity index is 1.20. The lowest BCUT2D eigenvalue weighted by Gasteiger charge is -2.20. The van der Waals surface area contributed by atoms with Crippen LogP contribution in [0.5, 0.6) is 0 Å². The first-order chi connectivity index (χ1) is 24.2. The van der Waals surface area contributed by atoms with Gasteiger partial charge in [-0.3, -0.25) is 0 Å². The normalized spacial score (nSPS) is 11.8. The third-order valence-electron chi connectivity index (χ3n) is 10.4. The molecular formula is C49H32. The van der Waals surface area contributed by atoms with E-state index in [1.807, 2.05) is 0 Å². The highest BCUT2D eigenvalue weighted by molar-refractivity contribution is 6.28. The zero-order valence-corrected chi connectivity index (χ0v) is 27.2. The molecule has 0 spiro atoms. The second kappa shape index (κ2) is 10.9. The zero-order chi connectivity index (χ0) is 32.5. The lowest BCUT2D eigenvalue weighted by molar-refractivity contribution is 1.50. The Bertz CT molecular complexity index is 2640. The number of hydrogen-bond donors (Lipinski definition) is 0. The predicted octanol–water partition coefficient (Wildman–Crippen LogP) is 13.8. The first-order valence-corrected chi connectivity index (χ1v) is 17.1. The van der Waals surface area contributed by atoms with Crippen molar-refractivity contribution in [3.63, 3.8) is 0 Å². The van der Waals surface area contributed by atoms with Gasteiger partial charge < -0.3 is 0 Å². The molecular weight excluding hydrogens is 589 g/mol. The van der Waals surface area contributed by atoms with Gasteiger partial charge in [-0.2, -0.15) is 0 Å². The van der Waals surface area contributed by atoms with Crippen molar-refractivity contribution in [3.8, 4) is 66.8 Å². The summed E-state index contributed by atoms with van der Waals surface area (Å²) in [6, 6.07) is 65.1. The molecule has 0 aliphatic heterocycles. The fraction of sp³-hybridized carbons (Fsp3) is 0.0204. The molecule has 1 aliphatic rings. The van der Waals surface area contributed by atoms with Crippen LogP contribution >= 0.6 is 0 Å². The number of hydrogen-bond acceptors (Lipinski definition) is 0. The van der Waals surface area contributed by atoms with E-state index in [4.69, 9.17) is 0 Å². The molecule has 0 bridgehead atoms. The van der Waals surface area contributed by atoms with Crippen molar-refractivity contribution < 1.29 is 0 Å². The van der Waals surface area contributed by atoms with Gasteiger partial charge in [0.15, 0.2) is 0 Å². The van der Waals surface area contributed by atoms with Crippen molar-refractivity contribution in [3.05, 3.63) is 181 Å². The lowest BCUT2D eigenvalue weighted by atomic mass is 9.82. The van der Waals surface area contributed by atoms with Gasteiger partial charge in [0.25, 0.3) is 0 Å². The van der Waals surface area contributed by atoms with Crippen LogP contribution in [0.15, 0.2) is 176 Å². The molecule has 0 nitrogen and oxygen atoms in total. The van der Waals surface area contributed by atoms with Crippen LogP contribution in [-0.4, -0.2) is 0 Å². The summed E-state index contributed by atoms with van der Waals surface area (Å²) >= 11 is 0. The van der Waals surface area contributed by atoms with Gasteiger partial charge in [-0.1, -0.05) is 175 Å². The Hall–Kier alpha value is -6.24. The minimum atomic E-state index is 1.23. The molecule has 0 heterocycles. The molecule has 10 rings (SSSR count). The van der Waals surface area contributed by atoms with E-state index in [0.29, 0.717) is 0 Å². The molecule has 0 atom stereocenters. The van der Waals surface area contributed by atoms with Crippen LogP contribution < -0.4 is 0 Å². The summed E-state index contributed by atoms with van der Waals surface area (Å²) in [5, 5.41) is 7.77. The van der Waals surface area contributed by atoms with Crippen LogP contribution in [0.25, 0.3) is 99.1 Å². The zero-order valence-electron chi connectivity index (χ0n) is 27.2. The van der Waals surface area contributed by atoms with E-state index in [2.05, 4.69) is 183 Å². The van der Waals surface area contributed by atoms with E-state index in [1.54, 1.807) is 0 Å². The van der Waals surface area contributed by atoms with Crippen molar-refractivity contribution in [1.29, 1.82) is 0 Å². The quantitative estimate of drug-likeness (QED) is 0.184. The van der Waals surface area contributed by atoms with Gasteiger partial charge in [-0.25, -0.2) is 0 Å². The number of benzene rings is 9. The molecule has 0 radical (unpaired) electrons.